The summed E-state index contributed by atoms with van der Waals surface area (Å²) in [6.45, 7) is 4.09. The number of hydrazine groups is 1. The van der Waals surface area contributed by atoms with Crippen LogP contribution in [-0.2, 0) is 6.42 Å². The number of imidazole rings is 1. The van der Waals surface area contributed by atoms with Crippen LogP contribution >= 0.6 is 23.2 Å². The van der Waals surface area contributed by atoms with E-state index in [0.29, 0.717) is 33.5 Å². The lowest BCUT2D eigenvalue weighted by molar-refractivity contribution is 0.0690. The summed E-state index contributed by atoms with van der Waals surface area (Å²) in [6, 6.07) is 14.4. The maximum Gasteiger partial charge on any atom is 0.356 e. The maximum absolute atomic E-state index is 11.6. The SMILES string of the molecule is CCc1c(C(=O)O)nc(-c2ccccc2Cl)n1-c1ccc(Cl)cc1.NN1CCCCC1. The van der Waals surface area contributed by atoms with Gasteiger partial charge in [0.05, 0.1) is 10.7 Å². The van der Waals surface area contributed by atoms with E-state index < -0.39 is 5.97 Å². The number of halogens is 2. The summed E-state index contributed by atoms with van der Waals surface area (Å²) in [5.74, 6) is 4.90. The van der Waals surface area contributed by atoms with Gasteiger partial charge in [-0.15, -0.1) is 0 Å². The number of nitrogens with two attached hydrogens (primary N) is 1. The molecule has 0 aliphatic carbocycles. The molecule has 1 aliphatic heterocycles. The number of nitrogens with zero attached hydrogens (tertiary/aromatic N) is 3. The summed E-state index contributed by atoms with van der Waals surface area (Å²) < 4.78 is 1.82. The normalized spacial score (nSPS) is 14.1. The van der Waals surface area contributed by atoms with Gasteiger partial charge in [-0.05, 0) is 55.7 Å². The van der Waals surface area contributed by atoms with Crippen molar-refractivity contribution in [2.24, 2.45) is 5.84 Å². The highest BCUT2D eigenvalue weighted by atomic mass is 35.5. The van der Waals surface area contributed by atoms with Crippen molar-refractivity contribution in [1.29, 1.82) is 0 Å². The number of aromatic nitrogens is 2. The first kappa shape index (κ1) is 23.3. The molecular weight excluding hydrogens is 435 g/mol. The molecule has 0 amide bonds. The van der Waals surface area contributed by atoms with Crippen molar-refractivity contribution in [3.8, 4) is 17.1 Å². The lowest BCUT2D eigenvalue weighted by Gasteiger charge is -2.20. The third-order valence-corrected chi connectivity index (χ3v) is 5.68. The zero-order valence-electron chi connectivity index (χ0n) is 17.4. The number of hydrogen-bond acceptors (Lipinski definition) is 4. The first-order chi connectivity index (χ1) is 14.9. The van der Waals surface area contributed by atoms with Crippen molar-refractivity contribution in [3.63, 3.8) is 0 Å². The molecule has 4 rings (SSSR count). The summed E-state index contributed by atoms with van der Waals surface area (Å²) in [5.41, 5.74) is 2.10. The number of carboxylic acids is 1. The molecule has 1 aliphatic rings. The predicted molar refractivity (Wildman–Crippen MR) is 125 cm³/mol. The molecule has 0 unspecified atom stereocenters. The minimum absolute atomic E-state index is 0.0300. The van der Waals surface area contributed by atoms with E-state index in [4.69, 9.17) is 29.0 Å². The molecule has 8 heteroatoms. The molecule has 0 atom stereocenters. The Labute approximate surface area is 192 Å². The highest BCUT2D eigenvalue weighted by Gasteiger charge is 2.23. The molecule has 1 fully saturated rings. The summed E-state index contributed by atoms with van der Waals surface area (Å²) in [5, 5.41) is 12.5. The fourth-order valence-electron chi connectivity index (χ4n) is 3.56. The Kier molecular flexibility index (Phi) is 8.09. The zero-order valence-corrected chi connectivity index (χ0v) is 18.9. The molecule has 3 aromatic rings. The van der Waals surface area contributed by atoms with Crippen molar-refractivity contribution in [1.82, 2.24) is 14.6 Å². The molecule has 0 radical (unpaired) electrons. The first-order valence-corrected chi connectivity index (χ1v) is 11.0. The van der Waals surface area contributed by atoms with E-state index in [-0.39, 0.29) is 5.69 Å². The van der Waals surface area contributed by atoms with E-state index in [1.54, 1.807) is 18.2 Å². The lowest BCUT2D eigenvalue weighted by atomic mass is 10.2. The van der Waals surface area contributed by atoms with Gasteiger partial charge in [0.25, 0.3) is 0 Å². The van der Waals surface area contributed by atoms with Gasteiger partial charge >= 0.3 is 5.97 Å². The maximum atomic E-state index is 11.6. The molecule has 2 heterocycles. The highest BCUT2D eigenvalue weighted by Crippen LogP contribution is 2.32. The molecule has 0 bridgehead atoms. The van der Waals surface area contributed by atoms with Crippen molar-refractivity contribution in [2.75, 3.05) is 13.1 Å². The minimum Gasteiger partial charge on any atom is -0.476 e. The molecule has 1 saturated heterocycles. The number of carbonyl (C=O) groups is 1. The van der Waals surface area contributed by atoms with Crippen LogP contribution in [0.1, 0.15) is 42.4 Å². The largest absolute Gasteiger partial charge is 0.476 e. The Hall–Kier alpha value is -2.38. The molecular formula is C23H26Cl2N4O2. The minimum atomic E-state index is -1.06. The van der Waals surface area contributed by atoms with Crippen LogP contribution in [0.2, 0.25) is 10.0 Å². The number of hydrogen-bond donors (Lipinski definition) is 2. The average Bonchev–Trinajstić information content (AvgIpc) is 3.15. The Morgan fingerprint density at radius 1 is 1.06 bits per heavy atom. The monoisotopic (exact) mass is 460 g/mol. The Morgan fingerprint density at radius 2 is 1.71 bits per heavy atom. The van der Waals surface area contributed by atoms with E-state index in [1.807, 2.05) is 46.8 Å². The third-order valence-electron chi connectivity index (χ3n) is 5.10. The highest BCUT2D eigenvalue weighted by molar-refractivity contribution is 6.33. The fourth-order valence-corrected chi connectivity index (χ4v) is 3.91. The summed E-state index contributed by atoms with van der Waals surface area (Å²) in [6.07, 6.45) is 4.46. The van der Waals surface area contributed by atoms with Crippen LogP contribution in [0.5, 0.6) is 0 Å². The van der Waals surface area contributed by atoms with Crippen LogP contribution in [0.4, 0.5) is 0 Å². The Morgan fingerprint density at radius 3 is 2.23 bits per heavy atom. The molecule has 6 nitrogen and oxygen atoms in total. The van der Waals surface area contributed by atoms with Gasteiger partial charge < -0.3 is 5.11 Å². The molecule has 2 aromatic carbocycles. The molecule has 31 heavy (non-hydrogen) atoms. The third kappa shape index (κ3) is 5.66. The summed E-state index contributed by atoms with van der Waals surface area (Å²) in [7, 11) is 0. The van der Waals surface area contributed by atoms with Crippen molar-refractivity contribution < 1.29 is 9.90 Å². The Bertz CT molecular complexity index is 1030. The van der Waals surface area contributed by atoms with Gasteiger partial charge in [-0.1, -0.05) is 48.7 Å². The topological polar surface area (TPSA) is 84.4 Å². The van der Waals surface area contributed by atoms with Gasteiger partial charge in [0.15, 0.2) is 5.69 Å². The molecule has 0 spiro atoms. The van der Waals surface area contributed by atoms with Gasteiger partial charge in [-0.2, -0.15) is 0 Å². The number of piperidine rings is 1. The number of benzene rings is 2. The van der Waals surface area contributed by atoms with Crippen molar-refractivity contribution in [3.05, 3.63) is 70.0 Å². The second-order valence-electron chi connectivity index (χ2n) is 7.28. The van der Waals surface area contributed by atoms with Crippen LogP contribution in [0, 0.1) is 0 Å². The summed E-state index contributed by atoms with van der Waals surface area (Å²) >= 11 is 12.3. The van der Waals surface area contributed by atoms with E-state index in [2.05, 4.69) is 4.98 Å². The number of aromatic carboxylic acids is 1. The van der Waals surface area contributed by atoms with Gasteiger partial charge in [0.2, 0.25) is 0 Å². The number of rotatable bonds is 4. The summed E-state index contributed by atoms with van der Waals surface area (Å²) in [4.78, 5) is 16.0. The van der Waals surface area contributed by atoms with E-state index in [9.17, 15) is 9.90 Å². The van der Waals surface area contributed by atoms with Crippen molar-refractivity contribution >= 4 is 29.2 Å². The Balaban J connectivity index is 0.000000330. The zero-order chi connectivity index (χ0) is 22.4. The molecule has 0 saturated carbocycles. The van der Waals surface area contributed by atoms with E-state index >= 15 is 0 Å². The van der Waals surface area contributed by atoms with Gasteiger partial charge in [0.1, 0.15) is 5.82 Å². The fraction of sp³-hybridized carbons (Fsp3) is 0.304. The molecule has 164 valence electrons. The smallest absolute Gasteiger partial charge is 0.356 e. The van der Waals surface area contributed by atoms with Gasteiger partial charge in [0, 0.05) is 29.4 Å². The first-order valence-electron chi connectivity index (χ1n) is 10.3. The predicted octanol–water partition coefficient (Wildman–Crippen LogP) is 5.45. The number of carboxylic acid groups (broad SMARTS) is 1. The van der Waals surface area contributed by atoms with Crippen LogP contribution < -0.4 is 5.84 Å². The van der Waals surface area contributed by atoms with Crippen LogP contribution in [0.3, 0.4) is 0 Å². The lowest BCUT2D eigenvalue weighted by Crippen LogP contribution is -2.35. The van der Waals surface area contributed by atoms with Gasteiger partial charge in [-0.25, -0.2) is 14.8 Å². The molecule has 1 aromatic heterocycles. The van der Waals surface area contributed by atoms with Gasteiger partial charge in [-0.3, -0.25) is 10.4 Å². The molecule has 3 N–H and O–H groups in total. The quantitative estimate of drug-likeness (QED) is 0.505. The van der Waals surface area contributed by atoms with E-state index in [0.717, 1.165) is 18.8 Å². The second-order valence-corrected chi connectivity index (χ2v) is 8.12. The van der Waals surface area contributed by atoms with Crippen molar-refractivity contribution in [2.45, 2.75) is 32.6 Å². The van der Waals surface area contributed by atoms with Crippen LogP contribution in [0.15, 0.2) is 48.5 Å². The standard InChI is InChI=1S/C18H14Cl2N2O2.C5H12N2/c1-2-15-16(18(23)24)21-17(13-5-3-4-6-14(13)20)22(15)12-9-7-11(19)8-10-12;6-7-4-2-1-3-5-7/h3-10H,2H2,1H3,(H,23,24);1-6H2. The average molecular weight is 461 g/mol. The van der Waals surface area contributed by atoms with Crippen LogP contribution in [-0.4, -0.2) is 38.7 Å². The second kappa shape index (κ2) is 10.8. The van der Waals surface area contributed by atoms with Crippen LogP contribution in [0.25, 0.3) is 17.1 Å². The van der Waals surface area contributed by atoms with E-state index in [1.165, 1.54) is 19.3 Å².